The summed E-state index contributed by atoms with van der Waals surface area (Å²) in [4.78, 5) is 11.0. The largest absolute Gasteiger partial charge is 0.405 e. The van der Waals surface area contributed by atoms with E-state index in [0.717, 1.165) is 6.42 Å². The van der Waals surface area contributed by atoms with E-state index in [2.05, 4.69) is 0 Å². The quantitative estimate of drug-likeness (QED) is 0.719. The van der Waals surface area contributed by atoms with E-state index in [4.69, 9.17) is 5.73 Å². The molecule has 1 unspecified atom stereocenters. The van der Waals surface area contributed by atoms with Crippen LogP contribution >= 0.6 is 0 Å². The van der Waals surface area contributed by atoms with E-state index in [9.17, 15) is 18.0 Å². The van der Waals surface area contributed by atoms with E-state index in [0.29, 0.717) is 13.0 Å². The number of carbonyl (C=O) groups is 1. The smallest absolute Gasteiger partial charge is 0.347 e. The summed E-state index contributed by atoms with van der Waals surface area (Å²) >= 11 is 0. The Bertz CT molecular complexity index is 194. The number of hydrogen-bond donors (Lipinski definition) is 2. The number of hydrogen-bond acceptors (Lipinski definition) is 2. The highest BCUT2D eigenvalue weighted by molar-refractivity contribution is 5.75. The molecule has 0 aliphatic rings. The first-order valence-corrected chi connectivity index (χ1v) is 4.88. The van der Waals surface area contributed by atoms with Crippen molar-refractivity contribution in [2.24, 2.45) is 11.7 Å². The van der Waals surface area contributed by atoms with Crippen LogP contribution in [0.3, 0.4) is 0 Å². The molecule has 3 nitrogen and oxygen atoms in total. The molecule has 90 valence electrons. The Morgan fingerprint density at radius 2 is 2.00 bits per heavy atom. The van der Waals surface area contributed by atoms with Crippen molar-refractivity contribution in [3.63, 3.8) is 0 Å². The average Bonchev–Trinajstić information content (AvgIpc) is 2.11. The number of carbonyl (C=O) groups excluding carboxylic acids is 1. The van der Waals surface area contributed by atoms with Gasteiger partial charge in [0.25, 0.3) is 0 Å². The van der Waals surface area contributed by atoms with Gasteiger partial charge in [-0.3, -0.25) is 4.79 Å². The number of alkyl halides is 3. The van der Waals surface area contributed by atoms with Gasteiger partial charge in [0.2, 0.25) is 5.91 Å². The molecular weight excluding hydrogens is 209 g/mol. The fourth-order valence-electron chi connectivity index (χ4n) is 1.09. The lowest BCUT2D eigenvalue weighted by atomic mass is 10.0. The van der Waals surface area contributed by atoms with E-state index >= 15 is 0 Å². The van der Waals surface area contributed by atoms with Crippen LogP contribution in [0.5, 0.6) is 0 Å². The van der Waals surface area contributed by atoms with Crippen molar-refractivity contribution in [3.8, 4) is 0 Å². The summed E-state index contributed by atoms with van der Waals surface area (Å²) in [5, 5.41) is 1.82. The molecule has 3 N–H and O–H groups in total. The minimum atomic E-state index is -4.33. The molecule has 0 saturated carbocycles. The Morgan fingerprint density at radius 3 is 2.47 bits per heavy atom. The van der Waals surface area contributed by atoms with Crippen LogP contribution in [-0.4, -0.2) is 25.2 Å². The van der Waals surface area contributed by atoms with Crippen molar-refractivity contribution in [1.82, 2.24) is 5.32 Å². The summed E-state index contributed by atoms with van der Waals surface area (Å²) in [5.41, 5.74) is 5.30. The first-order chi connectivity index (χ1) is 6.85. The molecule has 0 spiro atoms. The molecule has 0 bridgehead atoms. The second kappa shape index (κ2) is 6.66. The van der Waals surface area contributed by atoms with E-state index in [1.54, 1.807) is 0 Å². The Labute approximate surface area is 87.2 Å². The standard InChI is InChI=1S/C9H17F3N2O/c1-7(4-5-13)2-3-8(15)14-6-9(10,11)12/h7H,2-6,13H2,1H3,(H,14,15). The number of amides is 1. The van der Waals surface area contributed by atoms with Crippen molar-refractivity contribution < 1.29 is 18.0 Å². The molecule has 6 heteroatoms. The van der Waals surface area contributed by atoms with Crippen molar-refractivity contribution in [3.05, 3.63) is 0 Å². The maximum Gasteiger partial charge on any atom is 0.405 e. The van der Waals surface area contributed by atoms with Gasteiger partial charge in [0, 0.05) is 6.42 Å². The summed E-state index contributed by atoms with van der Waals surface area (Å²) in [5.74, 6) is -0.289. The molecule has 0 fully saturated rings. The van der Waals surface area contributed by atoms with Crippen LogP contribution in [0.15, 0.2) is 0 Å². The molecule has 0 radical (unpaired) electrons. The summed E-state index contributed by atoms with van der Waals surface area (Å²) in [6, 6.07) is 0. The molecular formula is C9H17F3N2O. The fourth-order valence-corrected chi connectivity index (χ4v) is 1.09. The maximum absolute atomic E-state index is 11.7. The summed E-state index contributed by atoms with van der Waals surface area (Å²) < 4.78 is 35.1. The van der Waals surface area contributed by atoms with E-state index in [1.807, 2.05) is 12.2 Å². The van der Waals surface area contributed by atoms with Gasteiger partial charge in [0.15, 0.2) is 0 Å². The Balaban J connectivity index is 3.58. The van der Waals surface area contributed by atoms with Crippen molar-refractivity contribution in [2.45, 2.75) is 32.4 Å². The molecule has 0 aromatic heterocycles. The number of rotatable bonds is 6. The first kappa shape index (κ1) is 14.2. The molecule has 0 aromatic rings. The predicted molar refractivity (Wildman–Crippen MR) is 51.1 cm³/mol. The van der Waals surface area contributed by atoms with Crippen LogP contribution in [0.2, 0.25) is 0 Å². The van der Waals surface area contributed by atoms with Crippen LogP contribution in [0.25, 0.3) is 0 Å². The Hall–Kier alpha value is -0.780. The first-order valence-electron chi connectivity index (χ1n) is 4.88. The van der Waals surface area contributed by atoms with Crippen molar-refractivity contribution in [1.29, 1.82) is 0 Å². The summed E-state index contributed by atoms with van der Waals surface area (Å²) in [6.45, 7) is 1.20. The number of halogens is 3. The fraction of sp³-hybridized carbons (Fsp3) is 0.889. The third kappa shape index (κ3) is 9.52. The van der Waals surface area contributed by atoms with Crippen molar-refractivity contribution in [2.75, 3.05) is 13.1 Å². The zero-order valence-electron chi connectivity index (χ0n) is 8.73. The van der Waals surface area contributed by atoms with Gasteiger partial charge in [-0.05, 0) is 25.3 Å². The van der Waals surface area contributed by atoms with Gasteiger partial charge in [-0.15, -0.1) is 0 Å². The lowest BCUT2D eigenvalue weighted by Gasteiger charge is -2.11. The van der Waals surface area contributed by atoms with Crippen LogP contribution in [0, 0.1) is 5.92 Å². The minimum Gasteiger partial charge on any atom is -0.347 e. The zero-order valence-corrected chi connectivity index (χ0v) is 8.73. The van der Waals surface area contributed by atoms with Crippen LogP contribution in [-0.2, 0) is 4.79 Å². The molecule has 0 aliphatic carbocycles. The predicted octanol–water partition coefficient (Wildman–Crippen LogP) is 1.43. The summed E-state index contributed by atoms with van der Waals surface area (Å²) in [7, 11) is 0. The second-order valence-electron chi connectivity index (χ2n) is 3.61. The molecule has 1 amide bonds. The number of nitrogens with two attached hydrogens (primary N) is 1. The van der Waals surface area contributed by atoms with Gasteiger partial charge in [0.1, 0.15) is 6.54 Å². The average molecular weight is 226 g/mol. The van der Waals surface area contributed by atoms with Crippen LogP contribution in [0.4, 0.5) is 13.2 Å². The lowest BCUT2D eigenvalue weighted by molar-refractivity contribution is -0.138. The monoisotopic (exact) mass is 226 g/mol. The highest BCUT2D eigenvalue weighted by atomic mass is 19.4. The lowest BCUT2D eigenvalue weighted by Crippen LogP contribution is -2.33. The van der Waals surface area contributed by atoms with Gasteiger partial charge in [-0.1, -0.05) is 6.92 Å². The number of nitrogens with one attached hydrogen (secondary N) is 1. The maximum atomic E-state index is 11.7. The summed E-state index contributed by atoms with van der Waals surface area (Å²) in [6.07, 6.45) is -2.86. The minimum absolute atomic E-state index is 0.122. The van der Waals surface area contributed by atoms with Crippen LogP contribution in [0.1, 0.15) is 26.2 Å². The normalized spacial score (nSPS) is 13.7. The van der Waals surface area contributed by atoms with E-state index < -0.39 is 18.6 Å². The molecule has 1 atom stereocenters. The van der Waals surface area contributed by atoms with Gasteiger partial charge in [0.05, 0.1) is 0 Å². The molecule has 0 heterocycles. The highest BCUT2D eigenvalue weighted by Gasteiger charge is 2.27. The van der Waals surface area contributed by atoms with Gasteiger partial charge < -0.3 is 11.1 Å². The Kier molecular flexibility index (Phi) is 6.31. The topological polar surface area (TPSA) is 55.1 Å². The SMILES string of the molecule is CC(CCN)CCC(=O)NCC(F)(F)F. The molecule has 15 heavy (non-hydrogen) atoms. The van der Waals surface area contributed by atoms with Crippen molar-refractivity contribution >= 4 is 5.91 Å². The molecule has 0 aliphatic heterocycles. The Morgan fingerprint density at radius 1 is 1.40 bits per heavy atom. The van der Waals surface area contributed by atoms with E-state index in [-0.39, 0.29) is 12.3 Å². The molecule has 0 rings (SSSR count). The zero-order chi connectivity index (χ0) is 11.9. The van der Waals surface area contributed by atoms with Crippen LogP contribution < -0.4 is 11.1 Å². The third-order valence-electron chi connectivity index (χ3n) is 2.01. The second-order valence-corrected chi connectivity index (χ2v) is 3.61. The molecule has 0 aromatic carbocycles. The third-order valence-corrected chi connectivity index (χ3v) is 2.01. The van der Waals surface area contributed by atoms with E-state index in [1.165, 1.54) is 0 Å². The molecule has 0 saturated heterocycles. The van der Waals surface area contributed by atoms with Gasteiger partial charge in [-0.2, -0.15) is 13.2 Å². The van der Waals surface area contributed by atoms with Gasteiger partial charge in [-0.25, -0.2) is 0 Å². The van der Waals surface area contributed by atoms with Gasteiger partial charge >= 0.3 is 6.18 Å². The highest BCUT2D eigenvalue weighted by Crippen LogP contribution is 2.13.